The molecule has 9 heteroatoms. The quantitative estimate of drug-likeness (QED) is 0.249. The molecule has 0 bridgehead atoms. The summed E-state index contributed by atoms with van der Waals surface area (Å²) in [5.41, 5.74) is 12.8. The number of carbonyl (C=O) groups excluding carboxylic acids is 1. The predicted octanol–water partition coefficient (Wildman–Crippen LogP) is 7.06. The molecular weight excluding hydrogens is 540 g/mol. The van der Waals surface area contributed by atoms with E-state index in [4.69, 9.17) is 22.1 Å². The number of allylic oxidation sites excluding steroid dienone is 3. The van der Waals surface area contributed by atoms with Gasteiger partial charge in [-0.1, -0.05) is 47.5 Å². The van der Waals surface area contributed by atoms with Crippen LogP contribution in [0.2, 0.25) is 5.02 Å². The molecule has 1 aliphatic heterocycles. The second-order valence-electron chi connectivity index (χ2n) is 10.4. The summed E-state index contributed by atoms with van der Waals surface area (Å²) in [6.45, 7) is 5.98. The minimum atomic E-state index is -0.669. The number of nitriles is 1. The standard InChI is InChI=1S/C32H29ClN4O4/c1-18-13-21(17-41-29-10-5-4-7-25(29)33)20(3)23(14-18)30-24(16-34)32(35)36(26-8-6-9-28(38)31(26)30)27-15-22(37(39)40)12-11-19(27)2/h4-5,7,10-15,30H,6,8-9,17,35H2,1-3H3. The summed E-state index contributed by atoms with van der Waals surface area (Å²) in [5.74, 6) is 0.00672. The zero-order valence-electron chi connectivity index (χ0n) is 23.0. The minimum Gasteiger partial charge on any atom is -0.487 e. The monoisotopic (exact) mass is 568 g/mol. The Hall–Kier alpha value is -4.61. The number of carbonyl (C=O) groups is 1. The molecule has 5 rings (SSSR count). The zero-order valence-corrected chi connectivity index (χ0v) is 23.8. The van der Waals surface area contributed by atoms with E-state index < -0.39 is 10.8 Å². The van der Waals surface area contributed by atoms with E-state index in [0.29, 0.717) is 47.0 Å². The van der Waals surface area contributed by atoms with Crippen molar-refractivity contribution in [2.45, 2.75) is 52.6 Å². The van der Waals surface area contributed by atoms with Crippen molar-refractivity contribution < 1.29 is 14.5 Å². The van der Waals surface area contributed by atoms with Crippen molar-refractivity contribution in [3.8, 4) is 11.8 Å². The second kappa shape index (κ2) is 11.1. The lowest BCUT2D eigenvalue weighted by Gasteiger charge is -2.40. The SMILES string of the molecule is Cc1cc(COc2ccccc2Cl)c(C)c(C2C(C#N)=C(N)N(c3cc([N+](=O)[O-])ccc3C)C3=C2C(=O)CCC3)c1. The molecule has 8 nitrogen and oxygen atoms in total. The first-order chi connectivity index (χ1) is 19.6. The summed E-state index contributed by atoms with van der Waals surface area (Å²) < 4.78 is 6.05. The van der Waals surface area contributed by atoms with Gasteiger partial charge in [-0.15, -0.1) is 0 Å². The number of ether oxygens (including phenoxy) is 1. The van der Waals surface area contributed by atoms with Crippen LogP contribution in [0.5, 0.6) is 5.75 Å². The smallest absolute Gasteiger partial charge is 0.271 e. The van der Waals surface area contributed by atoms with E-state index in [1.54, 1.807) is 23.1 Å². The summed E-state index contributed by atoms with van der Waals surface area (Å²) >= 11 is 6.30. The number of Topliss-reactive ketones (excluding diaryl/α,β-unsaturated/α-hetero) is 1. The third kappa shape index (κ3) is 5.05. The fourth-order valence-electron chi connectivity index (χ4n) is 5.76. The number of benzene rings is 3. The topological polar surface area (TPSA) is 122 Å². The molecule has 2 N–H and O–H groups in total. The van der Waals surface area contributed by atoms with Crippen molar-refractivity contribution in [1.82, 2.24) is 0 Å². The Balaban J connectivity index is 1.67. The van der Waals surface area contributed by atoms with Crippen LogP contribution in [0, 0.1) is 42.2 Å². The number of nitrogens with two attached hydrogens (primary N) is 1. The van der Waals surface area contributed by atoms with Gasteiger partial charge in [0.25, 0.3) is 5.69 Å². The minimum absolute atomic E-state index is 0.0562. The van der Waals surface area contributed by atoms with E-state index in [-0.39, 0.29) is 29.5 Å². The lowest BCUT2D eigenvalue weighted by molar-refractivity contribution is -0.384. The molecule has 0 spiro atoms. The van der Waals surface area contributed by atoms with E-state index in [9.17, 15) is 20.2 Å². The molecule has 0 radical (unpaired) electrons. The van der Waals surface area contributed by atoms with Gasteiger partial charge in [0.15, 0.2) is 5.78 Å². The molecule has 3 aromatic carbocycles. The fourth-order valence-corrected chi connectivity index (χ4v) is 5.95. The Bertz CT molecular complexity index is 1700. The number of ketones is 1. The Labute approximate surface area is 243 Å². The number of halogens is 1. The van der Waals surface area contributed by atoms with E-state index >= 15 is 0 Å². The van der Waals surface area contributed by atoms with Crippen LogP contribution < -0.4 is 15.4 Å². The summed E-state index contributed by atoms with van der Waals surface area (Å²) in [5, 5.41) is 22.6. The van der Waals surface area contributed by atoms with Crippen molar-refractivity contribution >= 4 is 28.8 Å². The predicted molar refractivity (Wildman–Crippen MR) is 157 cm³/mol. The molecule has 3 aromatic rings. The van der Waals surface area contributed by atoms with Crippen LogP contribution in [0.15, 0.2) is 77.3 Å². The van der Waals surface area contributed by atoms with E-state index in [0.717, 1.165) is 27.8 Å². The van der Waals surface area contributed by atoms with Crippen molar-refractivity contribution in [3.63, 3.8) is 0 Å². The van der Waals surface area contributed by atoms with Crippen LogP contribution in [0.25, 0.3) is 0 Å². The van der Waals surface area contributed by atoms with Gasteiger partial charge in [0, 0.05) is 29.8 Å². The Morgan fingerprint density at radius 1 is 1.15 bits per heavy atom. The highest BCUT2D eigenvalue weighted by Gasteiger charge is 2.41. The van der Waals surface area contributed by atoms with E-state index in [2.05, 4.69) is 6.07 Å². The van der Waals surface area contributed by atoms with Gasteiger partial charge >= 0.3 is 0 Å². The first-order valence-electron chi connectivity index (χ1n) is 13.3. The Kier molecular flexibility index (Phi) is 7.57. The van der Waals surface area contributed by atoms with Crippen LogP contribution >= 0.6 is 11.6 Å². The number of anilines is 1. The van der Waals surface area contributed by atoms with Gasteiger partial charge in [0.05, 0.1) is 33.2 Å². The highest BCUT2D eigenvalue weighted by Crippen LogP contribution is 2.48. The van der Waals surface area contributed by atoms with Gasteiger partial charge in [-0.05, 0) is 68.0 Å². The van der Waals surface area contributed by atoms with Gasteiger partial charge in [-0.3, -0.25) is 19.8 Å². The molecule has 0 aromatic heterocycles. The number of para-hydroxylation sites is 1. The number of nitrogens with zero attached hydrogens (tertiary/aromatic N) is 3. The second-order valence-corrected chi connectivity index (χ2v) is 10.8. The number of nitro groups is 1. The maximum atomic E-state index is 13.6. The molecule has 1 atom stereocenters. The van der Waals surface area contributed by atoms with Crippen LogP contribution in [0.1, 0.15) is 53.0 Å². The summed E-state index contributed by atoms with van der Waals surface area (Å²) in [6.07, 6.45) is 1.52. The molecule has 1 aliphatic carbocycles. The van der Waals surface area contributed by atoms with E-state index in [1.165, 1.54) is 12.1 Å². The van der Waals surface area contributed by atoms with Crippen LogP contribution in [0.4, 0.5) is 11.4 Å². The molecule has 2 aliphatic rings. The molecule has 1 heterocycles. The first-order valence-corrected chi connectivity index (χ1v) is 13.7. The molecule has 208 valence electrons. The van der Waals surface area contributed by atoms with Crippen molar-refractivity contribution in [1.29, 1.82) is 5.26 Å². The summed E-state index contributed by atoms with van der Waals surface area (Å²) in [4.78, 5) is 26.4. The highest BCUT2D eigenvalue weighted by molar-refractivity contribution is 6.32. The third-order valence-electron chi connectivity index (χ3n) is 7.79. The molecular formula is C32H29ClN4O4. The average Bonchev–Trinajstić information content (AvgIpc) is 2.94. The van der Waals surface area contributed by atoms with Gasteiger partial charge in [-0.25, -0.2) is 0 Å². The normalized spacial score (nSPS) is 16.9. The fraction of sp³-hybridized carbons (Fsp3) is 0.250. The Morgan fingerprint density at radius 2 is 1.90 bits per heavy atom. The van der Waals surface area contributed by atoms with Crippen molar-refractivity contribution in [2.24, 2.45) is 5.73 Å². The van der Waals surface area contributed by atoms with Crippen molar-refractivity contribution in [3.05, 3.63) is 120 Å². The number of rotatable bonds is 6. The molecule has 0 fully saturated rings. The van der Waals surface area contributed by atoms with E-state index in [1.807, 2.05) is 45.0 Å². The molecule has 0 amide bonds. The lowest BCUT2D eigenvalue weighted by Crippen LogP contribution is -2.39. The summed E-state index contributed by atoms with van der Waals surface area (Å²) in [7, 11) is 0. The average molecular weight is 569 g/mol. The molecule has 0 saturated heterocycles. The largest absolute Gasteiger partial charge is 0.487 e. The number of hydrogen-bond acceptors (Lipinski definition) is 7. The first kappa shape index (κ1) is 27.9. The number of non-ortho nitro benzene ring substituents is 1. The van der Waals surface area contributed by atoms with Gasteiger partial charge in [0.1, 0.15) is 18.2 Å². The molecule has 0 saturated carbocycles. The van der Waals surface area contributed by atoms with Crippen LogP contribution in [-0.2, 0) is 11.4 Å². The number of aryl methyl sites for hydroxylation is 2. The lowest BCUT2D eigenvalue weighted by atomic mass is 9.73. The number of hydrogen-bond donors (Lipinski definition) is 1. The Morgan fingerprint density at radius 3 is 2.61 bits per heavy atom. The third-order valence-corrected chi connectivity index (χ3v) is 8.10. The van der Waals surface area contributed by atoms with Gasteiger partial charge in [-0.2, -0.15) is 5.26 Å². The van der Waals surface area contributed by atoms with Gasteiger partial charge < -0.3 is 10.5 Å². The maximum Gasteiger partial charge on any atom is 0.271 e. The molecule has 41 heavy (non-hydrogen) atoms. The van der Waals surface area contributed by atoms with Crippen LogP contribution in [-0.4, -0.2) is 10.7 Å². The molecule has 1 unspecified atom stereocenters. The summed E-state index contributed by atoms with van der Waals surface area (Å²) in [6, 6.07) is 18.1. The van der Waals surface area contributed by atoms with Gasteiger partial charge in [0.2, 0.25) is 0 Å². The van der Waals surface area contributed by atoms with Crippen molar-refractivity contribution in [2.75, 3.05) is 4.90 Å². The highest BCUT2D eigenvalue weighted by atomic mass is 35.5. The number of nitro benzene ring substituents is 1. The van der Waals surface area contributed by atoms with Crippen LogP contribution in [0.3, 0.4) is 0 Å². The zero-order chi connectivity index (χ0) is 29.4. The maximum absolute atomic E-state index is 13.6.